The summed E-state index contributed by atoms with van der Waals surface area (Å²) >= 11 is 0. The van der Waals surface area contributed by atoms with Crippen LogP contribution in [0.25, 0.3) is 0 Å². The predicted molar refractivity (Wildman–Crippen MR) is 49.6 cm³/mol. The normalized spacial score (nSPS) is 10.9. The Kier molecular flexibility index (Phi) is 3.09. The summed E-state index contributed by atoms with van der Waals surface area (Å²) in [6, 6.07) is 5.35. The number of benzene rings is 1. The number of hydrogen-bond acceptors (Lipinski definition) is 3. The quantitative estimate of drug-likeness (QED) is 0.732. The van der Waals surface area contributed by atoms with Crippen LogP contribution in [0.3, 0.4) is 0 Å². The van der Waals surface area contributed by atoms with Gasteiger partial charge in [-0.2, -0.15) is 5.26 Å². The first kappa shape index (κ1) is 11.0. The van der Waals surface area contributed by atoms with Crippen LogP contribution in [0.15, 0.2) is 18.2 Å². The van der Waals surface area contributed by atoms with E-state index in [4.69, 9.17) is 15.9 Å². The van der Waals surface area contributed by atoms with Crippen molar-refractivity contribution >= 4 is 19.7 Å². The highest BCUT2D eigenvalue weighted by atomic mass is 35.7. The number of nitriles is 1. The summed E-state index contributed by atoms with van der Waals surface area (Å²) in [7, 11) is 1.22. The highest BCUT2D eigenvalue weighted by Gasteiger charge is 2.13. The summed E-state index contributed by atoms with van der Waals surface area (Å²) in [5.41, 5.74) is -0.209. The van der Waals surface area contributed by atoms with Crippen LogP contribution in [-0.4, -0.2) is 8.42 Å². The van der Waals surface area contributed by atoms with E-state index in [2.05, 4.69) is 0 Å². The molecule has 0 aliphatic rings. The van der Waals surface area contributed by atoms with Crippen LogP contribution in [-0.2, 0) is 14.8 Å². The third-order valence-electron chi connectivity index (χ3n) is 1.54. The smallest absolute Gasteiger partial charge is 0.212 e. The Labute approximate surface area is 85.2 Å². The van der Waals surface area contributed by atoms with E-state index < -0.39 is 20.6 Å². The van der Waals surface area contributed by atoms with Crippen molar-refractivity contribution in [2.45, 2.75) is 5.75 Å². The molecule has 1 aromatic carbocycles. The van der Waals surface area contributed by atoms with Crippen molar-refractivity contribution in [3.63, 3.8) is 0 Å². The van der Waals surface area contributed by atoms with Crippen molar-refractivity contribution < 1.29 is 12.8 Å². The Morgan fingerprint density at radius 1 is 1.50 bits per heavy atom. The van der Waals surface area contributed by atoms with Crippen LogP contribution >= 0.6 is 10.7 Å². The van der Waals surface area contributed by atoms with Crippen LogP contribution < -0.4 is 0 Å². The van der Waals surface area contributed by atoms with E-state index in [1.807, 2.05) is 0 Å². The van der Waals surface area contributed by atoms with Crippen molar-refractivity contribution in [1.82, 2.24) is 0 Å². The van der Waals surface area contributed by atoms with E-state index in [1.54, 1.807) is 6.07 Å². The van der Waals surface area contributed by atoms with E-state index in [-0.39, 0.29) is 11.1 Å². The topological polar surface area (TPSA) is 57.9 Å². The fourth-order valence-corrected chi connectivity index (χ4v) is 1.96. The average Bonchev–Trinajstić information content (AvgIpc) is 2.01. The minimum absolute atomic E-state index is 0.0718. The van der Waals surface area contributed by atoms with Crippen LogP contribution in [0.4, 0.5) is 4.39 Å². The minimum atomic E-state index is -3.77. The molecule has 0 radical (unpaired) electrons. The second kappa shape index (κ2) is 3.95. The van der Waals surface area contributed by atoms with Gasteiger partial charge in [0.25, 0.3) is 0 Å². The van der Waals surface area contributed by atoms with Crippen LogP contribution in [0.1, 0.15) is 11.1 Å². The number of nitrogens with zero attached hydrogens (tertiary/aromatic N) is 1. The SMILES string of the molecule is N#Cc1c(F)cccc1CS(=O)(=O)Cl. The summed E-state index contributed by atoms with van der Waals surface area (Å²) in [5, 5.41) is 8.57. The molecule has 0 saturated heterocycles. The number of halogens is 2. The molecule has 0 saturated carbocycles. The molecule has 0 spiro atoms. The Hall–Kier alpha value is -1.12. The highest BCUT2D eigenvalue weighted by molar-refractivity contribution is 8.13. The molecule has 0 N–H and O–H groups in total. The Balaban J connectivity index is 3.24. The van der Waals surface area contributed by atoms with Gasteiger partial charge in [-0.25, -0.2) is 12.8 Å². The van der Waals surface area contributed by atoms with Gasteiger partial charge in [-0.3, -0.25) is 0 Å². The van der Waals surface area contributed by atoms with Crippen molar-refractivity contribution in [2.75, 3.05) is 0 Å². The van der Waals surface area contributed by atoms with E-state index in [9.17, 15) is 12.8 Å². The summed E-state index contributed by atoms with van der Waals surface area (Å²) in [4.78, 5) is 0. The lowest BCUT2D eigenvalue weighted by Crippen LogP contribution is -1.99. The minimum Gasteiger partial charge on any atom is -0.212 e. The first-order chi connectivity index (χ1) is 6.44. The van der Waals surface area contributed by atoms with E-state index in [0.717, 1.165) is 6.07 Å². The molecular weight excluding hydrogens is 229 g/mol. The monoisotopic (exact) mass is 233 g/mol. The van der Waals surface area contributed by atoms with Gasteiger partial charge >= 0.3 is 0 Å². The third kappa shape index (κ3) is 2.69. The Morgan fingerprint density at radius 3 is 2.64 bits per heavy atom. The molecule has 74 valence electrons. The molecule has 0 bridgehead atoms. The lowest BCUT2D eigenvalue weighted by molar-refractivity contribution is 0.607. The number of hydrogen-bond donors (Lipinski definition) is 0. The maximum Gasteiger partial charge on any atom is 0.236 e. The van der Waals surface area contributed by atoms with E-state index >= 15 is 0 Å². The molecule has 1 aromatic rings. The van der Waals surface area contributed by atoms with Gasteiger partial charge in [-0.15, -0.1) is 0 Å². The standard InChI is InChI=1S/C8H5ClFNO2S/c9-14(12,13)5-6-2-1-3-8(10)7(6)4-11/h1-3H,5H2. The van der Waals surface area contributed by atoms with Gasteiger partial charge in [0, 0.05) is 10.7 Å². The van der Waals surface area contributed by atoms with Crippen LogP contribution in [0.5, 0.6) is 0 Å². The molecule has 0 amide bonds. The first-order valence-electron chi connectivity index (χ1n) is 3.54. The Morgan fingerprint density at radius 2 is 2.14 bits per heavy atom. The molecule has 14 heavy (non-hydrogen) atoms. The fourth-order valence-electron chi connectivity index (χ4n) is 1.00. The lowest BCUT2D eigenvalue weighted by Gasteiger charge is -2.01. The van der Waals surface area contributed by atoms with Gasteiger partial charge in [-0.1, -0.05) is 12.1 Å². The van der Waals surface area contributed by atoms with Gasteiger partial charge in [0.1, 0.15) is 11.9 Å². The van der Waals surface area contributed by atoms with Crippen molar-refractivity contribution in [1.29, 1.82) is 5.26 Å². The zero-order valence-corrected chi connectivity index (χ0v) is 8.44. The summed E-state index contributed by atoms with van der Waals surface area (Å²) in [6.45, 7) is 0. The molecule has 0 aromatic heterocycles. The zero-order valence-electron chi connectivity index (χ0n) is 6.87. The first-order valence-corrected chi connectivity index (χ1v) is 6.01. The summed E-state index contributed by atoms with van der Waals surface area (Å²) in [6.07, 6.45) is 0. The molecule has 0 fully saturated rings. The van der Waals surface area contributed by atoms with Gasteiger partial charge < -0.3 is 0 Å². The highest BCUT2D eigenvalue weighted by Crippen LogP contribution is 2.16. The van der Waals surface area contributed by atoms with Gasteiger partial charge in [0.2, 0.25) is 9.05 Å². The second-order valence-corrected chi connectivity index (χ2v) is 5.35. The van der Waals surface area contributed by atoms with E-state index in [0.29, 0.717) is 0 Å². The van der Waals surface area contributed by atoms with Crippen molar-refractivity contribution in [2.24, 2.45) is 0 Å². The second-order valence-electron chi connectivity index (χ2n) is 2.57. The molecule has 0 unspecified atom stereocenters. The number of rotatable bonds is 2. The van der Waals surface area contributed by atoms with Gasteiger partial charge in [-0.05, 0) is 11.6 Å². The van der Waals surface area contributed by atoms with Crippen LogP contribution in [0.2, 0.25) is 0 Å². The van der Waals surface area contributed by atoms with E-state index in [1.165, 1.54) is 12.1 Å². The maximum absolute atomic E-state index is 13.0. The van der Waals surface area contributed by atoms with Gasteiger partial charge in [0.05, 0.1) is 11.3 Å². The molecule has 1 rings (SSSR count). The molecule has 6 heteroatoms. The van der Waals surface area contributed by atoms with Crippen LogP contribution in [0, 0.1) is 17.1 Å². The zero-order chi connectivity index (χ0) is 10.8. The lowest BCUT2D eigenvalue weighted by atomic mass is 10.1. The summed E-state index contributed by atoms with van der Waals surface area (Å²) in [5.74, 6) is -1.29. The molecule has 0 heterocycles. The molecule has 3 nitrogen and oxygen atoms in total. The third-order valence-corrected chi connectivity index (χ3v) is 2.52. The maximum atomic E-state index is 13.0. The molecule has 0 atom stereocenters. The van der Waals surface area contributed by atoms with Crippen molar-refractivity contribution in [3.05, 3.63) is 35.1 Å². The van der Waals surface area contributed by atoms with Crippen molar-refractivity contribution in [3.8, 4) is 6.07 Å². The average molecular weight is 234 g/mol. The molecule has 0 aliphatic carbocycles. The fraction of sp³-hybridized carbons (Fsp3) is 0.125. The Bertz CT molecular complexity index is 493. The molecule has 0 aliphatic heterocycles. The summed E-state index contributed by atoms with van der Waals surface area (Å²) < 4.78 is 34.4. The largest absolute Gasteiger partial charge is 0.236 e. The van der Waals surface area contributed by atoms with Gasteiger partial charge in [0.15, 0.2) is 0 Å². The predicted octanol–water partition coefficient (Wildman–Crippen LogP) is 1.77. The molecular formula is C8H5ClFNO2S.